The van der Waals surface area contributed by atoms with E-state index in [4.69, 9.17) is 5.10 Å². The number of nitrogens with one attached hydrogen (secondary N) is 1. The van der Waals surface area contributed by atoms with Crippen LogP contribution in [0.15, 0.2) is 18.2 Å². The predicted octanol–water partition coefficient (Wildman–Crippen LogP) is 3.32. The summed E-state index contributed by atoms with van der Waals surface area (Å²) in [5.74, 6) is 2.18. The first-order chi connectivity index (χ1) is 9.20. The largest absolute Gasteiger partial charge is 0.369 e. The first-order valence-corrected chi connectivity index (χ1v) is 8.01. The Bertz CT molecular complexity index is 616. The zero-order valence-electron chi connectivity index (χ0n) is 11.7. The van der Waals surface area contributed by atoms with E-state index >= 15 is 0 Å². The first-order valence-electron chi connectivity index (χ1n) is 6.62. The predicted molar refractivity (Wildman–Crippen MR) is 82.5 cm³/mol. The van der Waals surface area contributed by atoms with Crippen LogP contribution in [0.4, 0.5) is 5.82 Å². The standard InChI is InChI=1S/C15H19N3S/c1-10-4-5-11(2)14(8-10)18-15-12(6-7-16-15)13(17-18)9-19-3/h4-5,8,16H,6-7,9H2,1-3H3. The molecule has 0 spiro atoms. The fraction of sp³-hybridized carbons (Fsp3) is 0.400. The van der Waals surface area contributed by atoms with Gasteiger partial charge < -0.3 is 5.32 Å². The van der Waals surface area contributed by atoms with Crippen LogP contribution in [0.3, 0.4) is 0 Å². The molecule has 3 nitrogen and oxygen atoms in total. The molecule has 0 radical (unpaired) electrons. The molecule has 1 aliphatic rings. The van der Waals surface area contributed by atoms with E-state index in [1.807, 2.05) is 11.8 Å². The number of hydrogen-bond donors (Lipinski definition) is 1. The zero-order chi connectivity index (χ0) is 13.4. The topological polar surface area (TPSA) is 29.9 Å². The second-order valence-electron chi connectivity index (χ2n) is 5.09. The van der Waals surface area contributed by atoms with Crippen molar-refractivity contribution in [2.45, 2.75) is 26.0 Å². The fourth-order valence-electron chi connectivity index (χ4n) is 2.62. The molecule has 0 saturated heterocycles. The first kappa shape index (κ1) is 12.6. The molecule has 0 atom stereocenters. The van der Waals surface area contributed by atoms with E-state index in [0.29, 0.717) is 0 Å². The number of aromatic nitrogens is 2. The second-order valence-corrected chi connectivity index (χ2v) is 5.95. The van der Waals surface area contributed by atoms with Gasteiger partial charge >= 0.3 is 0 Å². The van der Waals surface area contributed by atoms with Gasteiger partial charge in [0.15, 0.2) is 0 Å². The smallest absolute Gasteiger partial charge is 0.133 e. The van der Waals surface area contributed by atoms with E-state index in [9.17, 15) is 0 Å². The van der Waals surface area contributed by atoms with E-state index in [2.05, 4.69) is 48.3 Å². The maximum Gasteiger partial charge on any atom is 0.133 e. The highest BCUT2D eigenvalue weighted by atomic mass is 32.2. The Labute approximate surface area is 118 Å². The van der Waals surface area contributed by atoms with Gasteiger partial charge in [-0.05, 0) is 43.7 Å². The van der Waals surface area contributed by atoms with Crippen LogP contribution in [0.25, 0.3) is 5.69 Å². The van der Waals surface area contributed by atoms with Crippen molar-refractivity contribution in [2.75, 3.05) is 18.1 Å². The molecule has 2 heterocycles. The average molecular weight is 273 g/mol. The highest BCUT2D eigenvalue weighted by Crippen LogP contribution is 2.31. The number of nitrogens with zero attached hydrogens (tertiary/aromatic N) is 2. The van der Waals surface area contributed by atoms with E-state index < -0.39 is 0 Å². The van der Waals surface area contributed by atoms with Gasteiger partial charge in [-0.1, -0.05) is 12.1 Å². The van der Waals surface area contributed by atoms with Gasteiger partial charge in [-0.2, -0.15) is 16.9 Å². The van der Waals surface area contributed by atoms with Crippen molar-refractivity contribution in [2.24, 2.45) is 0 Å². The van der Waals surface area contributed by atoms with E-state index in [-0.39, 0.29) is 0 Å². The monoisotopic (exact) mass is 273 g/mol. The molecule has 100 valence electrons. The van der Waals surface area contributed by atoms with Crippen molar-refractivity contribution < 1.29 is 0 Å². The molecular formula is C15H19N3S. The molecule has 0 unspecified atom stereocenters. The van der Waals surface area contributed by atoms with Gasteiger partial charge in [0.25, 0.3) is 0 Å². The Morgan fingerprint density at radius 1 is 1.37 bits per heavy atom. The number of benzene rings is 1. The van der Waals surface area contributed by atoms with E-state index in [1.54, 1.807) is 0 Å². The van der Waals surface area contributed by atoms with Gasteiger partial charge in [-0.25, -0.2) is 4.68 Å². The average Bonchev–Trinajstić information content (AvgIpc) is 2.97. The second kappa shape index (κ2) is 4.93. The number of thioether (sulfide) groups is 1. The normalized spacial score (nSPS) is 13.4. The summed E-state index contributed by atoms with van der Waals surface area (Å²) in [6.45, 7) is 5.30. The number of aryl methyl sites for hydroxylation is 2. The zero-order valence-corrected chi connectivity index (χ0v) is 12.5. The molecule has 1 aromatic carbocycles. The van der Waals surface area contributed by atoms with Crippen LogP contribution < -0.4 is 5.32 Å². The number of anilines is 1. The van der Waals surface area contributed by atoms with Crippen LogP contribution in [-0.4, -0.2) is 22.6 Å². The lowest BCUT2D eigenvalue weighted by Crippen LogP contribution is -2.06. The summed E-state index contributed by atoms with van der Waals surface area (Å²) in [5, 5.41) is 8.31. The quantitative estimate of drug-likeness (QED) is 0.930. The van der Waals surface area contributed by atoms with Gasteiger partial charge in [0.2, 0.25) is 0 Å². The van der Waals surface area contributed by atoms with Crippen molar-refractivity contribution in [1.82, 2.24) is 9.78 Å². The van der Waals surface area contributed by atoms with Crippen molar-refractivity contribution in [3.63, 3.8) is 0 Å². The molecule has 0 bridgehead atoms. The Kier molecular flexibility index (Phi) is 3.27. The van der Waals surface area contributed by atoms with Gasteiger partial charge in [-0.15, -0.1) is 0 Å². The van der Waals surface area contributed by atoms with Gasteiger partial charge in [0, 0.05) is 17.9 Å². The van der Waals surface area contributed by atoms with Crippen LogP contribution in [0, 0.1) is 13.8 Å². The minimum Gasteiger partial charge on any atom is -0.369 e. The lowest BCUT2D eigenvalue weighted by atomic mass is 10.1. The van der Waals surface area contributed by atoms with Gasteiger partial charge in [0.1, 0.15) is 5.82 Å². The van der Waals surface area contributed by atoms with Crippen LogP contribution in [0.2, 0.25) is 0 Å². The van der Waals surface area contributed by atoms with Gasteiger partial charge in [-0.3, -0.25) is 0 Å². The molecule has 0 saturated carbocycles. The molecule has 3 rings (SSSR count). The van der Waals surface area contributed by atoms with Gasteiger partial charge in [0.05, 0.1) is 11.4 Å². The van der Waals surface area contributed by atoms with E-state index in [1.165, 1.54) is 33.9 Å². The maximum atomic E-state index is 4.83. The Balaban J connectivity index is 2.15. The fourth-order valence-corrected chi connectivity index (χ4v) is 3.13. The highest BCUT2D eigenvalue weighted by molar-refractivity contribution is 7.97. The molecule has 1 N–H and O–H groups in total. The molecule has 1 aliphatic heterocycles. The minimum atomic E-state index is 0.988. The number of hydrogen-bond acceptors (Lipinski definition) is 3. The summed E-state index contributed by atoms with van der Waals surface area (Å²) in [5.41, 5.74) is 6.36. The minimum absolute atomic E-state index is 0.988. The lowest BCUT2D eigenvalue weighted by Gasteiger charge is -2.10. The molecule has 19 heavy (non-hydrogen) atoms. The summed E-state index contributed by atoms with van der Waals surface area (Å²) < 4.78 is 2.09. The lowest BCUT2D eigenvalue weighted by molar-refractivity contribution is 0.846. The molecule has 2 aromatic rings. The third-order valence-corrected chi connectivity index (χ3v) is 4.17. The van der Waals surface area contributed by atoms with Crippen LogP contribution in [0.5, 0.6) is 0 Å². The Morgan fingerprint density at radius 2 is 2.21 bits per heavy atom. The Hall–Kier alpha value is -1.42. The summed E-state index contributed by atoms with van der Waals surface area (Å²) in [7, 11) is 0. The SMILES string of the molecule is CSCc1nn(-c2cc(C)ccc2C)c2c1CCN2. The number of rotatable bonds is 3. The van der Waals surface area contributed by atoms with Crippen LogP contribution >= 0.6 is 11.8 Å². The maximum absolute atomic E-state index is 4.83. The van der Waals surface area contributed by atoms with Crippen LogP contribution in [-0.2, 0) is 12.2 Å². The third-order valence-electron chi connectivity index (χ3n) is 3.61. The summed E-state index contributed by atoms with van der Waals surface area (Å²) in [6, 6.07) is 6.53. The molecule has 0 fully saturated rings. The molecule has 0 amide bonds. The molecular weight excluding hydrogens is 254 g/mol. The summed E-state index contributed by atoms with van der Waals surface area (Å²) >= 11 is 1.83. The third kappa shape index (κ3) is 2.14. The Morgan fingerprint density at radius 3 is 3.00 bits per heavy atom. The van der Waals surface area contributed by atoms with Crippen molar-refractivity contribution in [3.8, 4) is 5.69 Å². The highest BCUT2D eigenvalue weighted by Gasteiger charge is 2.23. The van der Waals surface area contributed by atoms with Crippen molar-refractivity contribution >= 4 is 17.6 Å². The van der Waals surface area contributed by atoms with Crippen molar-refractivity contribution in [1.29, 1.82) is 0 Å². The van der Waals surface area contributed by atoms with Crippen molar-refractivity contribution in [3.05, 3.63) is 40.6 Å². The number of fused-ring (bicyclic) bond motifs is 1. The summed E-state index contributed by atoms with van der Waals surface area (Å²) in [6.07, 6.45) is 3.22. The molecule has 0 aliphatic carbocycles. The molecule has 1 aromatic heterocycles. The van der Waals surface area contributed by atoms with Crippen LogP contribution in [0.1, 0.15) is 22.4 Å². The molecule has 4 heteroatoms. The van der Waals surface area contributed by atoms with E-state index in [0.717, 1.165) is 18.7 Å². The summed E-state index contributed by atoms with van der Waals surface area (Å²) in [4.78, 5) is 0.